The Morgan fingerprint density at radius 2 is 0.772 bits per heavy atom. The number of phosphoric acid groups is 1. The minimum Gasteiger partial charge on any atom is -0.456 e. The number of nitrogens with one attached hydrogen (secondary N) is 1. The van der Waals surface area contributed by atoms with E-state index in [1.165, 1.54) is 199 Å². The Bertz CT molecular complexity index is 1540. The second-order valence-electron chi connectivity index (χ2n) is 24.0. The summed E-state index contributed by atoms with van der Waals surface area (Å²) in [5.74, 6) is -0.501. The number of hydrogen-bond donors (Lipinski definition) is 2. The zero-order chi connectivity index (χ0) is 57.9. The third-order valence-electron chi connectivity index (χ3n) is 15.0. The number of ether oxygens (including phenoxy) is 1. The van der Waals surface area contributed by atoms with E-state index >= 15 is 0 Å². The summed E-state index contributed by atoms with van der Waals surface area (Å²) in [5, 5.41) is 3.06. The number of quaternary nitrogens is 1. The van der Waals surface area contributed by atoms with E-state index in [-0.39, 0.29) is 31.5 Å². The van der Waals surface area contributed by atoms with E-state index in [1.54, 1.807) is 0 Å². The molecule has 0 heterocycles. The highest BCUT2D eigenvalue weighted by atomic mass is 31.2. The molecule has 0 radical (unpaired) electrons. The predicted molar refractivity (Wildman–Crippen MR) is 342 cm³/mol. The minimum absolute atomic E-state index is 0.0397. The number of phosphoric ester groups is 1. The van der Waals surface area contributed by atoms with E-state index in [9.17, 15) is 19.0 Å². The van der Waals surface area contributed by atoms with Crippen molar-refractivity contribution in [2.24, 2.45) is 0 Å². The van der Waals surface area contributed by atoms with Crippen molar-refractivity contribution in [1.29, 1.82) is 0 Å². The molecule has 0 aliphatic heterocycles. The highest BCUT2D eigenvalue weighted by Gasteiger charge is 2.30. The van der Waals surface area contributed by atoms with E-state index in [0.717, 1.165) is 83.5 Å². The number of esters is 1. The van der Waals surface area contributed by atoms with Gasteiger partial charge in [-0.3, -0.25) is 18.6 Å². The van der Waals surface area contributed by atoms with Gasteiger partial charge in [-0.1, -0.05) is 287 Å². The number of nitrogens with zero attached hydrogens (tertiary/aromatic N) is 1. The molecule has 0 aromatic heterocycles. The average molecular weight is 1130 g/mol. The van der Waals surface area contributed by atoms with Crippen molar-refractivity contribution >= 4 is 19.7 Å². The lowest BCUT2D eigenvalue weighted by Gasteiger charge is -2.27. The Morgan fingerprint density at radius 1 is 0.443 bits per heavy atom. The number of carbonyl (C=O) groups excluding carboxylic acids is 2. The average Bonchev–Trinajstić information content (AvgIpc) is 3.41. The molecule has 0 aliphatic carbocycles. The first-order valence-corrected chi connectivity index (χ1v) is 35.1. The summed E-state index contributed by atoms with van der Waals surface area (Å²) >= 11 is 0. The molecule has 0 saturated heterocycles. The van der Waals surface area contributed by atoms with Crippen LogP contribution >= 0.6 is 7.82 Å². The Balaban J connectivity index is 5.08. The molecular weight excluding hydrogens is 1000 g/mol. The van der Waals surface area contributed by atoms with Gasteiger partial charge in [-0.2, -0.15) is 0 Å². The molecular formula is C69H130N2O7P+. The summed E-state index contributed by atoms with van der Waals surface area (Å²) < 4.78 is 30.7. The molecule has 0 rings (SSSR count). The molecule has 0 aliphatic rings. The Morgan fingerprint density at radius 3 is 1.18 bits per heavy atom. The smallest absolute Gasteiger partial charge is 0.456 e. The fourth-order valence-corrected chi connectivity index (χ4v) is 10.5. The molecule has 462 valence electrons. The standard InChI is InChI=1S/C69H129N2O7P/c1-7-10-13-16-19-22-25-27-29-31-32-33-34-35-36-37-38-40-42-44-47-50-53-56-59-62-69(73)78-67(60-57-54-51-48-45-24-21-18-15-12-9-3)66(65-77-79(74,75)76-64-63-71(4,5)6)70-68(72)61-58-55-52-49-46-43-41-39-30-28-26-23-20-17-14-11-8-2/h19,22,27,29,32-33,35-36,57,60,66-67H,7-18,20-21,23-26,28,30-31,34,37-56,58-59,61-65H2,1-6H3,(H-,70,72,74,75)/p+1/b22-19-,29-27-,33-32-,36-35-,60-57+. The molecule has 0 aromatic rings. The number of likely N-dealkylation sites (N-methyl/N-ethyl adjacent to an activating group) is 1. The lowest BCUT2D eigenvalue weighted by Crippen LogP contribution is -2.47. The van der Waals surface area contributed by atoms with Crippen LogP contribution in [-0.2, 0) is 27.9 Å². The van der Waals surface area contributed by atoms with Crippen molar-refractivity contribution in [1.82, 2.24) is 5.32 Å². The molecule has 1 amide bonds. The predicted octanol–water partition coefficient (Wildman–Crippen LogP) is 21.0. The summed E-state index contributed by atoms with van der Waals surface area (Å²) in [6.07, 6.45) is 75.1. The Labute approximate surface area is 490 Å². The number of unbranched alkanes of at least 4 members (excludes halogenated alkanes) is 37. The molecule has 3 atom stereocenters. The van der Waals surface area contributed by atoms with E-state index in [2.05, 4.69) is 74.7 Å². The van der Waals surface area contributed by atoms with Crippen LogP contribution in [0.25, 0.3) is 0 Å². The summed E-state index contributed by atoms with van der Waals surface area (Å²) in [4.78, 5) is 37.8. The van der Waals surface area contributed by atoms with Gasteiger partial charge in [0.1, 0.15) is 19.3 Å². The number of carbonyl (C=O) groups is 2. The number of allylic oxidation sites excluding steroid dienone is 9. The second kappa shape index (κ2) is 58.9. The summed E-state index contributed by atoms with van der Waals surface area (Å²) in [5.41, 5.74) is 0. The molecule has 2 N–H and O–H groups in total. The van der Waals surface area contributed by atoms with Crippen LogP contribution in [-0.4, -0.2) is 74.3 Å². The second-order valence-corrected chi connectivity index (χ2v) is 25.5. The van der Waals surface area contributed by atoms with Gasteiger partial charge in [0.2, 0.25) is 5.91 Å². The van der Waals surface area contributed by atoms with Crippen LogP contribution in [0, 0.1) is 0 Å². The quantitative estimate of drug-likeness (QED) is 0.0205. The zero-order valence-electron chi connectivity index (χ0n) is 52.9. The third kappa shape index (κ3) is 60.1. The summed E-state index contributed by atoms with van der Waals surface area (Å²) in [6, 6.07) is -0.850. The van der Waals surface area contributed by atoms with Gasteiger partial charge < -0.3 is 19.4 Å². The highest BCUT2D eigenvalue weighted by molar-refractivity contribution is 7.47. The van der Waals surface area contributed by atoms with Gasteiger partial charge in [0.15, 0.2) is 0 Å². The zero-order valence-corrected chi connectivity index (χ0v) is 53.8. The summed E-state index contributed by atoms with van der Waals surface area (Å²) in [7, 11) is 1.50. The van der Waals surface area contributed by atoms with Gasteiger partial charge >= 0.3 is 13.8 Å². The van der Waals surface area contributed by atoms with Gasteiger partial charge in [-0.05, 0) is 76.7 Å². The van der Waals surface area contributed by atoms with Crippen LogP contribution in [0.1, 0.15) is 316 Å². The van der Waals surface area contributed by atoms with Gasteiger partial charge in [0, 0.05) is 12.8 Å². The molecule has 3 unspecified atom stereocenters. The molecule has 10 heteroatoms. The van der Waals surface area contributed by atoms with Crippen LogP contribution < -0.4 is 5.32 Å². The highest BCUT2D eigenvalue weighted by Crippen LogP contribution is 2.43. The first-order valence-electron chi connectivity index (χ1n) is 33.6. The normalized spacial score (nSPS) is 14.0. The maximum atomic E-state index is 13.6. The van der Waals surface area contributed by atoms with Crippen LogP contribution in [0.4, 0.5) is 0 Å². The fourth-order valence-electron chi connectivity index (χ4n) is 9.75. The molecule has 0 fully saturated rings. The SMILES string of the molecule is CCCCC/C=C\C/C=C\C/C=C\C/C=C\CCCCCCCCCCCC(=O)OC(/C=C/CCCCCCCCCCC)C(COP(=O)(O)OCC[N+](C)(C)C)NC(=O)CCCCCCCCCCCCCCCCCCC. The first kappa shape index (κ1) is 76.7. The van der Waals surface area contributed by atoms with Gasteiger partial charge in [-0.25, -0.2) is 4.57 Å². The van der Waals surface area contributed by atoms with Crippen molar-refractivity contribution in [2.75, 3.05) is 40.9 Å². The monoisotopic (exact) mass is 1130 g/mol. The van der Waals surface area contributed by atoms with E-state index in [0.29, 0.717) is 17.4 Å². The maximum absolute atomic E-state index is 13.6. The lowest BCUT2D eigenvalue weighted by atomic mass is 10.0. The molecule has 9 nitrogen and oxygen atoms in total. The van der Waals surface area contributed by atoms with E-state index in [1.807, 2.05) is 33.3 Å². The lowest BCUT2D eigenvalue weighted by molar-refractivity contribution is -0.870. The van der Waals surface area contributed by atoms with Crippen LogP contribution in [0.5, 0.6) is 0 Å². The van der Waals surface area contributed by atoms with Gasteiger partial charge in [0.25, 0.3) is 0 Å². The topological polar surface area (TPSA) is 111 Å². The Kier molecular flexibility index (Phi) is 57.2. The van der Waals surface area contributed by atoms with E-state index < -0.39 is 20.0 Å². The van der Waals surface area contributed by atoms with Gasteiger partial charge in [-0.15, -0.1) is 0 Å². The van der Waals surface area contributed by atoms with Crippen molar-refractivity contribution in [3.63, 3.8) is 0 Å². The number of rotatable bonds is 61. The fraction of sp³-hybridized carbons (Fsp3) is 0.826. The van der Waals surface area contributed by atoms with Crippen LogP contribution in [0.3, 0.4) is 0 Å². The van der Waals surface area contributed by atoms with Crippen molar-refractivity contribution in [3.05, 3.63) is 60.8 Å². The largest absolute Gasteiger partial charge is 0.472 e. The van der Waals surface area contributed by atoms with Crippen molar-refractivity contribution in [3.8, 4) is 0 Å². The molecule has 79 heavy (non-hydrogen) atoms. The number of hydrogen-bond acceptors (Lipinski definition) is 6. The van der Waals surface area contributed by atoms with Crippen LogP contribution in [0.15, 0.2) is 60.8 Å². The number of amides is 1. The van der Waals surface area contributed by atoms with E-state index in [4.69, 9.17) is 13.8 Å². The van der Waals surface area contributed by atoms with Crippen LogP contribution in [0.2, 0.25) is 0 Å². The summed E-state index contributed by atoms with van der Waals surface area (Å²) in [6.45, 7) is 7.01. The first-order chi connectivity index (χ1) is 38.4. The molecule has 0 bridgehead atoms. The molecule has 0 saturated carbocycles. The molecule has 0 spiro atoms. The van der Waals surface area contributed by atoms with Crippen molar-refractivity contribution < 1.29 is 37.3 Å². The minimum atomic E-state index is -4.45. The van der Waals surface area contributed by atoms with Gasteiger partial charge in [0.05, 0.1) is 33.8 Å². The third-order valence-corrected chi connectivity index (χ3v) is 15.9. The Hall–Kier alpha value is -2.29. The maximum Gasteiger partial charge on any atom is 0.472 e. The molecule has 0 aromatic carbocycles. The van der Waals surface area contributed by atoms with Crippen molar-refractivity contribution in [2.45, 2.75) is 328 Å².